The first-order chi connectivity index (χ1) is 17.0. The second-order valence-electron chi connectivity index (χ2n) is 7.57. The van der Waals surface area contributed by atoms with Crippen LogP contribution in [0.25, 0.3) is 11.1 Å². The van der Waals surface area contributed by atoms with Crippen molar-refractivity contribution in [3.8, 4) is 0 Å². The van der Waals surface area contributed by atoms with Crippen molar-refractivity contribution in [2.75, 3.05) is 19.0 Å². The molecular formula is C26H23N3O5S. The van der Waals surface area contributed by atoms with Gasteiger partial charge < -0.3 is 19.8 Å². The minimum atomic E-state index is -0.510. The molecule has 0 bridgehead atoms. The molecule has 0 saturated heterocycles. The molecule has 178 valence electrons. The van der Waals surface area contributed by atoms with Gasteiger partial charge in [-0.05, 0) is 41.5 Å². The molecule has 35 heavy (non-hydrogen) atoms. The number of thioether (sulfide) groups is 1. The Bertz CT molecular complexity index is 1320. The Hall–Kier alpha value is -4.11. The Kier molecular flexibility index (Phi) is 7.79. The van der Waals surface area contributed by atoms with E-state index in [9.17, 15) is 14.4 Å². The smallest absolute Gasteiger partial charge is 0.325 e. The van der Waals surface area contributed by atoms with Gasteiger partial charge in [-0.2, -0.15) is 0 Å². The fourth-order valence-corrected chi connectivity index (χ4v) is 4.16. The molecule has 0 aliphatic rings. The number of nitrogens with one attached hydrogen (secondary N) is 2. The summed E-state index contributed by atoms with van der Waals surface area (Å²) in [5.74, 6) is -0.514. The molecule has 4 rings (SSSR count). The van der Waals surface area contributed by atoms with Gasteiger partial charge in [-0.25, -0.2) is 4.98 Å². The number of aromatic nitrogens is 1. The highest BCUT2D eigenvalue weighted by molar-refractivity contribution is 7.98. The molecule has 2 amide bonds. The summed E-state index contributed by atoms with van der Waals surface area (Å²) in [5.41, 5.74) is 4.30. The van der Waals surface area contributed by atoms with Crippen molar-refractivity contribution in [3.05, 3.63) is 89.5 Å². The van der Waals surface area contributed by atoms with Gasteiger partial charge in [0.05, 0.1) is 13.5 Å². The van der Waals surface area contributed by atoms with Crippen molar-refractivity contribution in [1.82, 2.24) is 10.3 Å². The number of esters is 1. The van der Waals surface area contributed by atoms with Gasteiger partial charge in [0.15, 0.2) is 5.58 Å². The number of oxazole rings is 1. The molecule has 0 atom stereocenters. The lowest BCUT2D eigenvalue weighted by atomic mass is 10.1. The van der Waals surface area contributed by atoms with Crippen LogP contribution in [0.1, 0.15) is 21.5 Å². The molecular weight excluding hydrogens is 466 g/mol. The van der Waals surface area contributed by atoms with Crippen LogP contribution in [0.3, 0.4) is 0 Å². The lowest BCUT2D eigenvalue weighted by Gasteiger charge is -2.10. The second kappa shape index (κ2) is 11.3. The van der Waals surface area contributed by atoms with E-state index in [1.54, 1.807) is 30.3 Å². The minimum Gasteiger partial charge on any atom is -0.468 e. The second-order valence-corrected chi connectivity index (χ2v) is 8.50. The van der Waals surface area contributed by atoms with Gasteiger partial charge in [0.1, 0.15) is 12.1 Å². The number of hydrogen-bond acceptors (Lipinski definition) is 7. The fraction of sp³-hybridized carbons (Fsp3) is 0.154. The predicted molar refractivity (Wildman–Crippen MR) is 133 cm³/mol. The third kappa shape index (κ3) is 6.48. The number of fused-ring (bicyclic) bond motifs is 1. The number of carbonyl (C=O) groups is 3. The summed E-state index contributed by atoms with van der Waals surface area (Å²) >= 11 is 1.43. The largest absolute Gasteiger partial charge is 0.468 e. The Morgan fingerprint density at radius 3 is 2.49 bits per heavy atom. The number of amides is 2. The van der Waals surface area contributed by atoms with Crippen molar-refractivity contribution in [3.63, 3.8) is 0 Å². The maximum Gasteiger partial charge on any atom is 0.325 e. The summed E-state index contributed by atoms with van der Waals surface area (Å²) in [5, 5.41) is 5.94. The van der Waals surface area contributed by atoms with Gasteiger partial charge in [-0.1, -0.05) is 54.2 Å². The topological polar surface area (TPSA) is 111 Å². The van der Waals surface area contributed by atoms with Crippen molar-refractivity contribution in [2.24, 2.45) is 0 Å². The number of benzene rings is 3. The average molecular weight is 490 g/mol. The van der Waals surface area contributed by atoms with E-state index in [1.807, 2.05) is 42.5 Å². The molecule has 3 aromatic carbocycles. The van der Waals surface area contributed by atoms with E-state index in [4.69, 9.17) is 4.42 Å². The zero-order chi connectivity index (χ0) is 24.6. The molecule has 1 heterocycles. The van der Waals surface area contributed by atoms with Crippen LogP contribution in [0, 0.1) is 0 Å². The number of nitrogens with zero attached hydrogens (tertiary/aromatic N) is 1. The Balaban J connectivity index is 1.35. The maximum absolute atomic E-state index is 13.0. The normalized spacial score (nSPS) is 10.7. The zero-order valence-electron chi connectivity index (χ0n) is 18.9. The molecule has 4 aromatic rings. The standard InChI is InChI=1S/C26H23N3O5S/c1-33-24(31)15-27-23(30)14-17-10-12-19(13-11-17)28-25(32)20-7-3-2-6-18(20)16-35-26-29-21-8-4-5-9-22(21)34-26/h2-13H,14-16H2,1H3,(H,27,30)(H,28,32). The number of ether oxygens (including phenoxy) is 1. The summed E-state index contributed by atoms with van der Waals surface area (Å²) in [4.78, 5) is 40.5. The van der Waals surface area contributed by atoms with Crippen LogP contribution >= 0.6 is 11.8 Å². The molecule has 0 aliphatic carbocycles. The minimum absolute atomic E-state index is 0.112. The van der Waals surface area contributed by atoms with Crippen molar-refractivity contribution < 1.29 is 23.5 Å². The molecule has 0 aliphatic heterocycles. The monoisotopic (exact) mass is 489 g/mol. The van der Waals surface area contributed by atoms with E-state index in [0.29, 0.717) is 22.2 Å². The molecule has 8 nitrogen and oxygen atoms in total. The lowest BCUT2D eigenvalue weighted by Crippen LogP contribution is -2.31. The van der Waals surface area contributed by atoms with E-state index in [2.05, 4.69) is 20.4 Å². The number of hydrogen-bond donors (Lipinski definition) is 2. The third-order valence-corrected chi connectivity index (χ3v) is 6.00. The Morgan fingerprint density at radius 1 is 0.971 bits per heavy atom. The summed E-state index contributed by atoms with van der Waals surface area (Å²) in [7, 11) is 1.26. The molecule has 0 fully saturated rings. The van der Waals surface area contributed by atoms with Gasteiger partial charge in [0.2, 0.25) is 5.91 Å². The van der Waals surface area contributed by atoms with Gasteiger partial charge in [-0.3, -0.25) is 14.4 Å². The van der Waals surface area contributed by atoms with Crippen LogP contribution in [-0.4, -0.2) is 36.4 Å². The molecule has 0 unspecified atom stereocenters. The van der Waals surface area contributed by atoms with E-state index >= 15 is 0 Å². The summed E-state index contributed by atoms with van der Waals surface area (Å²) in [6.45, 7) is -0.173. The molecule has 0 radical (unpaired) electrons. The number of rotatable bonds is 9. The van der Waals surface area contributed by atoms with Crippen LogP contribution in [0.4, 0.5) is 5.69 Å². The predicted octanol–water partition coefficient (Wildman–Crippen LogP) is 4.20. The van der Waals surface area contributed by atoms with Gasteiger partial charge in [-0.15, -0.1) is 0 Å². The first-order valence-corrected chi connectivity index (χ1v) is 11.8. The molecule has 2 N–H and O–H groups in total. The molecule has 1 aromatic heterocycles. The highest BCUT2D eigenvalue weighted by atomic mass is 32.2. The Labute approximate surface area is 206 Å². The average Bonchev–Trinajstić information content (AvgIpc) is 3.30. The van der Waals surface area contributed by atoms with E-state index < -0.39 is 5.97 Å². The van der Waals surface area contributed by atoms with Crippen molar-refractivity contribution >= 4 is 46.3 Å². The quantitative estimate of drug-likeness (QED) is 0.268. The van der Waals surface area contributed by atoms with E-state index in [1.165, 1.54) is 18.9 Å². The number of methoxy groups -OCH3 is 1. The number of carbonyl (C=O) groups excluding carboxylic acids is 3. The zero-order valence-corrected chi connectivity index (χ0v) is 19.8. The molecule has 0 spiro atoms. The summed E-state index contributed by atoms with van der Waals surface area (Å²) in [6.07, 6.45) is 0.112. The van der Waals surface area contributed by atoms with Crippen LogP contribution in [0.15, 0.2) is 82.4 Å². The van der Waals surface area contributed by atoms with E-state index in [-0.39, 0.29) is 24.8 Å². The number of para-hydroxylation sites is 2. The van der Waals surface area contributed by atoms with Crippen LogP contribution < -0.4 is 10.6 Å². The summed E-state index contributed by atoms with van der Waals surface area (Å²) in [6, 6.07) is 21.9. The van der Waals surface area contributed by atoms with Crippen LogP contribution in [0.2, 0.25) is 0 Å². The lowest BCUT2D eigenvalue weighted by molar-refractivity contribution is -0.141. The first-order valence-electron chi connectivity index (χ1n) is 10.8. The highest BCUT2D eigenvalue weighted by Gasteiger charge is 2.14. The fourth-order valence-electron chi connectivity index (χ4n) is 3.32. The van der Waals surface area contributed by atoms with Crippen molar-refractivity contribution in [1.29, 1.82) is 0 Å². The van der Waals surface area contributed by atoms with Gasteiger partial charge in [0, 0.05) is 17.0 Å². The molecule has 0 saturated carbocycles. The van der Waals surface area contributed by atoms with Gasteiger partial charge >= 0.3 is 5.97 Å². The van der Waals surface area contributed by atoms with Crippen LogP contribution in [0.5, 0.6) is 0 Å². The maximum atomic E-state index is 13.0. The Morgan fingerprint density at radius 2 is 1.71 bits per heavy atom. The van der Waals surface area contributed by atoms with Crippen molar-refractivity contribution in [2.45, 2.75) is 17.4 Å². The van der Waals surface area contributed by atoms with Crippen LogP contribution in [-0.2, 0) is 26.5 Å². The SMILES string of the molecule is COC(=O)CNC(=O)Cc1ccc(NC(=O)c2ccccc2CSc2nc3ccccc3o2)cc1. The third-order valence-electron chi connectivity index (χ3n) is 5.12. The highest BCUT2D eigenvalue weighted by Crippen LogP contribution is 2.27. The first kappa shape index (κ1) is 24.0. The van der Waals surface area contributed by atoms with Gasteiger partial charge in [0.25, 0.3) is 11.1 Å². The summed E-state index contributed by atoms with van der Waals surface area (Å²) < 4.78 is 10.3. The number of anilines is 1. The van der Waals surface area contributed by atoms with E-state index in [0.717, 1.165) is 22.2 Å². The molecule has 9 heteroatoms.